The predicted molar refractivity (Wildman–Crippen MR) is 77.0 cm³/mol. The van der Waals surface area contributed by atoms with Gasteiger partial charge in [-0.25, -0.2) is 0 Å². The number of amides is 1. The molecule has 1 aromatic carbocycles. The van der Waals surface area contributed by atoms with E-state index in [9.17, 15) is 4.79 Å². The molecule has 19 heavy (non-hydrogen) atoms. The summed E-state index contributed by atoms with van der Waals surface area (Å²) in [5.74, 6) is 0.461. The highest BCUT2D eigenvalue weighted by Crippen LogP contribution is 2.28. The number of benzene rings is 1. The summed E-state index contributed by atoms with van der Waals surface area (Å²) in [7, 11) is 0. The number of likely N-dealkylation sites (tertiary alicyclic amines) is 1. The molecule has 5 heteroatoms. The minimum absolute atomic E-state index is 0.00995. The Morgan fingerprint density at radius 1 is 1.26 bits per heavy atom. The van der Waals surface area contributed by atoms with Crippen molar-refractivity contribution >= 4 is 29.1 Å². The summed E-state index contributed by atoms with van der Waals surface area (Å²) in [6.45, 7) is 3.37. The van der Waals surface area contributed by atoms with Crippen LogP contribution in [0.3, 0.4) is 0 Å². The Kier molecular flexibility index (Phi) is 4.94. The highest BCUT2D eigenvalue weighted by molar-refractivity contribution is 6.34. The lowest BCUT2D eigenvalue weighted by Gasteiger charge is -2.29. The fraction of sp³-hybridized carbons (Fsp3) is 0.500. The smallest absolute Gasteiger partial charge is 0.263 e. The molecule has 0 saturated carbocycles. The Balaban J connectivity index is 2.01. The van der Waals surface area contributed by atoms with Crippen molar-refractivity contribution < 1.29 is 9.53 Å². The van der Waals surface area contributed by atoms with Crippen LogP contribution < -0.4 is 4.74 Å². The molecular formula is C14H17Cl2NO2. The van der Waals surface area contributed by atoms with Crippen LogP contribution in [0.25, 0.3) is 0 Å². The molecule has 1 aromatic rings. The SMILES string of the molecule is CC(Oc1cc(Cl)ccc1Cl)C(=O)N1CCCCC1. The zero-order valence-electron chi connectivity index (χ0n) is 10.9. The molecule has 0 aliphatic carbocycles. The maximum atomic E-state index is 12.2. The van der Waals surface area contributed by atoms with Gasteiger partial charge in [-0.3, -0.25) is 4.79 Å². The molecule has 0 bridgehead atoms. The summed E-state index contributed by atoms with van der Waals surface area (Å²) in [4.78, 5) is 14.1. The van der Waals surface area contributed by atoms with E-state index in [1.54, 1.807) is 25.1 Å². The summed E-state index contributed by atoms with van der Waals surface area (Å²) >= 11 is 11.9. The van der Waals surface area contributed by atoms with Crippen molar-refractivity contribution in [1.29, 1.82) is 0 Å². The van der Waals surface area contributed by atoms with Crippen molar-refractivity contribution in [2.24, 2.45) is 0 Å². The van der Waals surface area contributed by atoms with Gasteiger partial charge in [0.25, 0.3) is 5.91 Å². The van der Waals surface area contributed by atoms with E-state index in [1.165, 1.54) is 6.42 Å². The van der Waals surface area contributed by atoms with Gasteiger partial charge >= 0.3 is 0 Å². The first kappa shape index (κ1) is 14.5. The van der Waals surface area contributed by atoms with E-state index >= 15 is 0 Å². The standard InChI is InChI=1S/C14H17Cl2NO2/c1-10(14(18)17-7-3-2-4-8-17)19-13-9-11(15)5-6-12(13)16/h5-6,9-10H,2-4,7-8H2,1H3. The molecule has 1 unspecified atom stereocenters. The van der Waals surface area contributed by atoms with Gasteiger partial charge in [-0.05, 0) is 38.3 Å². The molecule has 1 saturated heterocycles. The second-order valence-electron chi connectivity index (χ2n) is 4.72. The number of halogens is 2. The molecule has 1 heterocycles. The van der Waals surface area contributed by atoms with Crippen LogP contribution in [0.4, 0.5) is 0 Å². The molecule has 0 N–H and O–H groups in total. The summed E-state index contributed by atoms with van der Waals surface area (Å²) in [5.41, 5.74) is 0. The minimum atomic E-state index is -0.547. The molecule has 0 radical (unpaired) electrons. The Labute approximate surface area is 123 Å². The maximum absolute atomic E-state index is 12.2. The molecule has 1 amide bonds. The number of carbonyl (C=O) groups is 1. The van der Waals surface area contributed by atoms with Gasteiger partial charge in [0.05, 0.1) is 5.02 Å². The lowest BCUT2D eigenvalue weighted by atomic mass is 10.1. The second-order valence-corrected chi connectivity index (χ2v) is 5.56. The molecule has 1 fully saturated rings. The minimum Gasteiger partial charge on any atom is -0.479 e. The normalized spacial score (nSPS) is 17.1. The van der Waals surface area contributed by atoms with E-state index in [2.05, 4.69) is 0 Å². The number of piperidine rings is 1. The molecule has 1 atom stereocenters. The summed E-state index contributed by atoms with van der Waals surface area (Å²) in [5, 5.41) is 1.000. The van der Waals surface area contributed by atoms with Gasteiger partial charge in [0.1, 0.15) is 5.75 Å². The van der Waals surface area contributed by atoms with Crippen LogP contribution in [-0.4, -0.2) is 30.0 Å². The summed E-state index contributed by atoms with van der Waals surface area (Å²) < 4.78 is 5.63. The largest absolute Gasteiger partial charge is 0.479 e. The Morgan fingerprint density at radius 2 is 1.95 bits per heavy atom. The quantitative estimate of drug-likeness (QED) is 0.850. The van der Waals surface area contributed by atoms with Crippen molar-refractivity contribution in [1.82, 2.24) is 4.90 Å². The number of nitrogens with zero attached hydrogens (tertiary/aromatic N) is 1. The first-order chi connectivity index (χ1) is 9.08. The van der Waals surface area contributed by atoms with Crippen LogP contribution in [0.1, 0.15) is 26.2 Å². The highest BCUT2D eigenvalue weighted by Gasteiger charge is 2.24. The first-order valence-electron chi connectivity index (χ1n) is 6.48. The van der Waals surface area contributed by atoms with Crippen LogP contribution in [0.2, 0.25) is 10.0 Å². The maximum Gasteiger partial charge on any atom is 0.263 e. The average Bonchev–Trinajstić information content (AvgIpc) is 2.43. The third-order valence-corrected chi connectivity index (χ3v) is 3.76. The van der Waals surface area contributed by atoms with Gasteiger partial charge in [0.15, 0.2) is 6.10 Å². The molecule has 2 rings (SSSR count). The van der Waals surface area contributed by atoms with E-state index in [0.717, 1.165) is 25.9 Å². The zero-order valence-corrected chi connectivity index (χ0v) is 12.4. The van der Waals surface area contributed by atoms with Crippen LogP contribution in [0.15, 0.2) is 18.2 Å². The number of carbonyl (C=O) groups excluding carboxylic acids is 1. The van der Waals surface area contributed by atoms with Gasteiger partial charge in [-0.15, -0.1) is 0 Å². The summed E-state index contributed by atoms with van der Waals surface area (Å²) in [6.07, 6.45) is 2.78. The van der Waals surface area contributed by atoms with E-state index in [1.807, 2.05) is 4.90 Å². The van der Waals surface area contributed by atoms with Crippen molar-refractivity contribution in [3.05, 3.63) is 28.2 Å². The Hall–Kier alpha value is -0.930. The molecule has 1 aliphatic rings. The molecule has 104 valence electrons. The van der Waals surface area contributed by atoms with Crippen LogP contribution in [0, 0.1) is 0 Å². The van der Waals surface area contributed by atoms with Crippen molar-refractivity contribution in [2.75, 3.05) is 13.1 Å². The van der Waals surface area contributed by atoms with Crippen LogP contribution in [-0.2, 0) is 4.79 Å². The Bertz CT molecular complexity index is 459. The summed E-state index contributed by atoms with van der Waals surface area (Å²) in [6, 6.07) is 4.98. The predicted octanol–water partition coefficient (Wildman–Crippen LogP) is 3.77. The van der Waals surface area contributed by atoms with Crippen molar-refractivity contribution in [3.8, 4) is 5.75 Å². The number of ether oxygens (including phenoxy) is 1. The van der Waals surface area contributed by atoms with Crippen LogP contribution >= 0.6 is 23.2 Å². The van der Waals surface area contributed by atoms with Gasteiger partial charge in [-0.1, -0.05) is 23.2 Å². The first-order valence-corrected chi connectivity index (χ1v) is 7.24. The van der Waals surface area contributed by atoms with Gasteiger partial charge in [0.2, 0.25) is 0 Å². The van der Waals surface area contributed by atoms with E-state index in [4.69, 9.17) is 27.9 Å². The fourth-order valence-electron chi connectivity index (χ4n) is 2.18. The van der Waals surface area contributed by atoms with Gasteiger partial charge in [0, 0.05) is 24.2 Å². The molecule has 0 spiro atoms. The van der Waals surface area contributed by atoms with Gasteiger partial charge in [-0.2, -0.15) is 0 Å². The molecule has 3 nitrogen and oxygen atoms in total. The fourth-order valence-corrected chi connectivity index (χ4v) is 2.50. The van der Waals surface area contributed by atoms with Crippen LogP contribution in [0.5, 0.6) is 5.75 Å². The Morgan fingerprint density at radius 3 is 2.63 bits per heavy atom. The lowest BCUT2D eigenvalue weighted by Crippen LogP contribution is -2.43. The number of hydrogen-bond donors (Lipinski definition) is 0. The lowest BCUT2D eigenvalue weighted by molar-refractivity contribution is -0.138. The third-order valence-electron chi connectivity index (χ3n) is 3.21. The van der Waals surface area contributed by atoms with Crippen molar-refractivity contribution in [3.63, 3.8) is 0 Å². The van der Waals surface area contributed by atoms with E-state index < -0.39 is 6.10 Å². The monoisotopic (exact) mass is 301 g/mol. The van der Waals surface area contributed by atoms with E-state index in [0.29, 0.717) is 15.8 Å². The average molecular weight is 302 g/mol. The van der Waals surface area contributed by atoms with E-state index in [-0.39, 0.29) is 5.91 Å². The molecular weight excluding hydrogens is 285 g/mol. The zero-order chi connectivity index (χ0) is 13.8. The molecule has 1 aliphatic heterocycles. The topological polar surface area (TPSA) is 29.5 Å². The van der Waals surface area contributed by atoms with Gasteiger partial charge < -0.3 is 9.64 Å². The highest BCUT2D eigenvalue weighted by atomic mass is 35.5. The molecule has 0 aromatic heterocycles. The third kappa shape index (κ3) is 3.77. The second kappa shape index (κ2) is 6.49. The van der Waals surface area contributed by atoms with Crippen molar-refractivity contribution in [2.45, 2.75) is 32.3 Å². The number of hydrogen-bond acceptors (Lipinski definition) is 2. The number of rotatable bonds is 3.